The summed E-state index contributed by atoms with van der Waals surface area (Å²) in [5.41, 5.74) is -0.531. The first kappa shape index (κ1) is 9.44. The molecule has 0 saturated carbocycles. The predicted octanol–water partition coefficient (Wildman–Crippen LogP) is -0.415. The molecule has 70 valence electrons. The Morgan fingerprint density at radius 2 is 2.15 bits per heavy atom. The summed E-state index contributed by atoms with van der Waals surface area (Å²) in [6.45, 7) is 1.46. The molecule has 2 N–H and O–H groups in total. The minimum absolute atomic E-state index is 0.0191. The van der Waals surface area contributed by atoms with Crippen molar-refractivity contribution in [1.82, 2.24) is 9.97 Å². The summed E-state index contributed by atoms with van der Waals surface area (Å²) in [6, 6.07) is 0. The van der Waals surface area contributed by atoms with Gasteiger partial charge in [-0.05, 0) is 13.3 Å². The van der Waals surface area contributed by atoms with E-state index in [4.69, 9.17) is 0 Å². The number of hydrogen-bond donors (Lipinski definition) is 2. The highest BCUT2D eigenvalue weighted by Gasteiger charge is 2.01. The highest BCUT2D eigenvalue weighted by molar-refractivity contribution is 5.75. The molecule has 5 heteroatoms. The normalized spacial score (nSPS) is 9.92. The van der Waals surface area contributed by atoms with E-state index in [2.05, 4.69) is 9.97 Å². The summed E-state index contributed by atoms with van der Waals surface area (Å²) in [5.74, 6) is 0.0191. The largest absolute Gasteiger partial charge is 0.325 e. The Hall–Kier alpha value is -1.65. The first-order chi connectivity index (χ1) is 6.09. The molecular weight excluding hydrogens is 172 g/mol. The number of aryl methyl sites for hydroxylation is 1. The number of ketones is 1. The first-order valence-electron chi connectivity index (χ1n) is 3.90. The van der Waals surface area contributed by atoms with Crippen LogP contribution in [-0.2, 0) is 11.2 Å². The van der Waals surface area contributed by atoms with Gasteiger partial charge in [0, 0.05) is 18.2 Å². The molecule has 1 heterocycles. The maximum Gasteiger partial charge on any atom is 0.325 e. The minimum Gasteiger partial charge on any atom is -0.314 e. The minimum atomic E-state index is -0.531. The van der Waals surface area contributed by atoms with Gasteiger partial charge in [-0.1, -0.05) is 0 Å². The van der Waals surface area contributed by atoms with Crippen LogP contribution in [0, 0.1) is 0 Å². The molecule has 1 aromatic rings. The lowest BCUT2D eigenvalue weighted by molar-refractivity contribution is -0.116. The van der Waals surface area contributed by atoms with Crippen molar-refractivity contribution in [1.29, 1.82) is 0 Å². The number of Topliss-reactive ketones (excluding diaryl/α,β-unsaturated/α-hetero) is 1. The average molecular weight is 182 g/mol. The lowest BCUT2D eigenvalue weighted by atomic mass is 10.1. The molecule has 1 rings (SSSR count). The van der Waals surface area contributed by atoms with Crippen LogP contribution in [0.4, 0.5) is 0 Å². The molecule has 5 nitrogen and oxygen atoms in total. The lowest BCUT2D eigenvalue weighted by Gasteiger charge is -1.95. The number of aromatic nitrogens is 2. The maximum absolute atomic E-state index is 11.1. The predicted molar refractivity (Wildman–Crippen MR) is 46.7 cm³/mol. The van der Waals surface area contributed by atoms with Gasteiger partial charge in [-0.15, -0.1) is 0 Å². The number of H-pyrrole nitrogens is 2. The van der Waals surface area contributed by atoms with Crippen LogP contribution in [0.3, 0.4) is 0 Å². The van der Waals surface area contributed by atoms with Crippen LogP contribution in [0.2, 0.25) is 0 Å². The molecule has 0 fully saturated rings. The van der Waals surface area contributed by atoms with Crippen LogP contribution in [-0.4, -0.2) is 15.8 Å². The molecular formula is C8H10N2O3. The number of aromatic amines is 2. The molecule has 0 radical (unpaired) electrons. The Balaban J connectivity index is 2.84. The lowest BCUT2D eigenvalue weighted by Crippen LogP contribution is -2.24. The molecule has 0 bridgehead atoms. The van der Waals surface area contributed by atoms with Crippen molar-refractivity contribution in [2.45, 2.75) is 19.8 Å². The third-order valence-corrected chi connectivity index (χ3v) is 1.64. The molecule has 0 amide bonds. The van der Waals surface area contributed by atoms with E-state index in [1.165, 1.54) is 13.1 Å². The summed E-state index contributed by atoms with van der Waals surface area (Å²) in [4.78, 5) is 36.7. The van der Waals surface area contributed by atoms with Crippen molar-refractivity contribution >= 4 is 5.78 Å². The zero-order valence-electron chi connectivity index (χ0n) is 7.22. The summed E-state index contributed by atoms with van der Waals surface area (Å²) in [5, 5.41) is 0. The fraction of sp³-hybridized carbons (Fsp3) is 0.375. The molecule has 13 heavy (non-hydrogen) atoms. The molecule has 0 aliphatic heterocycles. The van der Waals surface area contributed by atoms with Gasteiger partial charge in [-0.25, -0.2) is 4.79 Å². The van der Waals surface area contributed by atoms with Gasteiger partial charge in [0.2, 0.25) is 0 Å². The quantitative estimate of drug-likeness (QED) is 0.666. The van der Waals surface area contributed by atoms with Gasteiger partial charge in [-0.3, -0.25) is 9.78 Å². The van der Waals surface area contributed by atoms with E-state index in [1.807, 2.05) is 0 Å². The maximum atomic E-state index is 11.1. The fourth-order valence-corrected chi connectivity index (χ4v) is 0.934. The van der Waals surface area contributed by atoms with Crippen molar-refractivity contribution in [3.05, 3.63) is 32.6 Å². The van der Waals surface area contributed by atoms with Crippen molar-refractivity contribution in [2.75, 3.05) is 0 Å². The molecule has 0 atom stereocenters. The van der Waals surface area contributed by atoms with E-state index < -0.39 is 11.2 Å². The van der Waals surface area contributed by atoms with Crippen molar-refractivity contribution in [2.24, 2.45) is 0 Å². The Labute approximate surface area is 73.8 Å². The summed E-state index contributed by atoms with van der Waals surface area (Å²) in [7, 11) is 0. The van der Waals surface area contributed by atoms with E-state index in [0.717, 1.165) is 0 Å². The number of carbonyl (C=O) groups is 1. The van der Waals surface area contributed by atoms with E-state index >= 15 is 0 Å². The van der Waals surface area contributed by atoms with E-state index in [0.29, 0.717) is 18.4 Å². The zero-order valence-corrected chi connectivity index (χ0v) is 7.22. The van der Waals surface area contributed by atoms with Gasteiger partial charge in [0.05, 0.1) is 0 Å². The van der Waals surface area contributed by atoms with Crippen LogP contribution in [0.1, 0.15) is 18.9 Å². The second-order valence-corrected chi connectivity index (χ2v) is 2.80. The second kappa shape index (κ2) is 3.84. The van der Waals surface area contributed by atoms with Crippen LogP contribution >= 0.6 is 0 Å². The molecule has 1 aromatic heterocycles. The van der Waals surface area contributed by atoms with Crippen LogP contribution in [0.25, 0.3) is 0 Å². The highest BCUT2D eigenvalue weighted by Crippen LogP contribution is 1.93. The highest BCUT2D eigenvalue weighted by atomic mass is 16.2. The number of hydrogen-bond acceptors (Lipinski definition) is 3. The molecule has 0 unspecified atom stereocenters. The summed E-state index contributed by atoms with van der Waals surface area (Å²) in [6.07, 6.45) is 2.01. The zero-order chi connectivity index (χ0) is 9.84. The van der Waals surface area contributed by atoms with E-state index in [1.54, 1.807) is 0 Å². The number of nitrogens with one attached hydrogen (secondary N) is 2. The molecule has 0 aliphatic carbocycles. The van der Waals surface area contributed by atoms with E-state index in [-0.39, 0.29) is 5.78 Å². The van der Waals surface area contributed by atoms with Crippen molar-refractivity contribution in [3.8, 4) is 0 Å². The molecule has 0 aromatic carbocycles. The third kappa shape index (κ3) is 2.70. The van der Waals surface area contributed by atoms with Gasteiger partial charge in [0.1, 0.15) is 5.78 Å². The third-order valence-electron chi connectivity index (χ3n) is 1.64. The SMILES string of the molecule is CC(=O)CCc1c[nH]c(=O)[nH]c1=O. The standard InChI is InChI=1S/C8H10N2O3/c1-5(11)2-3-6-4-9-8(13)10-7(6)12/h4H,2-3H2,1H3,(H2,9,10,12,13). The van der Waals surface area contributed by atoms with E-state index in [9.17, 15) is 14.4 Å². The average Bonchev–Trinajstić information content (AvgIpc) is 2.02. The molecule has 0 saturated heterocycles. The smallest absolute Gasteiger partial charge is 0.314 e. The first-order valence-corrected chi connectivity index (χ1v) is 3.90. The van der Waals surface area contributed by atoms with Gasteiger partial charge >= 0.3 is 5.69 Å². The number of carbonyl (C=O) groups excluding carboxylic acids is 1. The van der Waals surface area contributed by atoms with Gasteiger partial charge in [0.25, 0.3) is 5.56 Å². The summed E-state index contributed by atoms with van der Waals surface area (Å²) < 4.78 is 0. The van der Waals surface area contributed by atoms with Crippen molar-refractivity contribution < 1.29 is 4.79 Å². The Kier molecular flexibility index (Phi) is 2.79. The second-order valence-electron chi connectivity index (χ2n) is 2.80. The van der Waals surface area contributed by atoms with Gasteiger partial charge in [-0.2, -0.15) is 0 Å². The topological polar surface area (TPSA) is 82.8 Å². The Bertz CT molecular complexity index is 416. The monoisotopic (exact) mass is 182 g/mol. The van der Waals surface area contributed by atoms with Crippen molar-refractivity contribution in [3.63, 3.8) is 0 Å². The van der Waals surface area contributed by atoms with Crippen LogP contribution < -0.4 is 11.2 Å². The van der Waals surface area contributed by atoms with Crippen LogP contribution in [0.5, 0.6) is 0 Å². The molecule has 0 aliphatic rings. The van der Waals surface area contributed by atoms with Gasteiger partial charge < -0.3 is 9.78 Å². The summed E-state index contributed by atoms with van der Waals surface area (Å²) >= 11 is 0. The van der Waals surface area contributed by atoms with Crippen LogP contribution in [0.15, 0.2) is 15.8 Å². The number of rotatable bonds is 3. The Morgan fingerprint density at radius 3 is 2.69 bits per heavy atom. The molecule has 0 spiro atoms. The fourth-order valence-electron chi connectivity index (χ4n) is 0.934. The van der Waals surface area contributed by atoms with Gasteiger partial charge in [0.15, 0.2) is 0 Å². The Morgan fingerprint density at radius 1 is 1.46 bits per heavy atom.